The van der Waals surface area contributed by atoms with Crippen LogP contribution in [0.2, 0.25) is 0 Å². The molecule has 0 spiro atoms. The average molecular weight is 303 g/mol. The maximum Gasteiger partial charge on any atom is 0.222 e. The van der Waals surface area contributed by atoms with Gasteiger partial charge in [-0.1, -0.05) is 29.8 Å². The highest BCUT2D eigenvalue weighted by molar-refractivity contribution is 5.77. The zero-order valence-corrected chi connectivity index (χ0v) is 13.3. The van der Waals surface area contributed by atoms with Gasteiger partial charge in [0.2, 0.25) is 5.91 Å². The minimum absolute atomic E-state index is 0.127. The third-order valence-corrected chi connectivity index (χ3v) is 5.29. The lowest BCUT2D eigenvalue weighted by Gasteiger charge is -2.36. The number of amides is 1. The molecule has 4 nitrogen and oxygen atoms in total. The Balaban J connectivity index is 1.58. The molecule has 0 radical (unpaired) electrons. The Morgan fingerprint density at radius 1 is 1.41 bits per heavy atom. The van der Waals surface area contributed by atoms with Gasteiger partial charge in [0, 0.05) is 37.5 Å². The van der Waals surface area contributed by atoms with Crippen LogP contribution in [0, 0.1) is 18.3 Å². The first-order valence-electron chi connectivity index (χ1n) is 8.15. The second kappa shape index (κ2) is 6.39. The summed E-state index contributed by atoms with van der Waals surface area (Å²) in [4.78, 5) is 14.4. The first kappa shape index (κ1) is 15.5. The Bertz CT molecular complexity index is 528. The number of hydrogen-bond acceptors (Lipinski definition) is 3. The van der Waals surface area contributed by atoms with Crippen molar-refractivity contribution >= 4 is 5.91 Å². The van der Waals surface area contributed by atoms with Crippen LogP contribution in [0.4, 0.5) is 0 Å². The second-order valence-electron chi connectivity index (χ2n) is 6.80. The molecular weight excluding hydrogens is 278 g/mol. The lowest BCUT2D eigenvalue weighted by atomic mass is 9.75. The van der Waals surface area contributed by atoms with E-state index >= 15 is 0 Å². The van der Waals surface area contributed by atoms with Gasteiger partial charge in [-0.3, -0.25) is 4.79 Å². The monoisotopic (exact) mass is 303 g/mol. The van der Waals surface area contributed by atoms with Crippen molar-refractivity contribution in [3.05, 3.63) is 35.4 Å². The van der Waals surface area contributed by atoms with E-state index in [2.05, 4.69) is 31.2 Å². The fraction of sp³-hybridized carbons (Fsp3) is 0.611. The van der Waals surface area contributed by atoms with Crippen molar-refractivity contribution in [1.29, 1.82) is 0 Å². The summed E-state index contributed by atoms with van der Waals surface area (Å²) in [5.41, 5.74) is 2.32. The predicted octanol–water partition coefficient (Wildman–Crippen LogP) is 1.79. The largest absolute Gasteiger partial charge is 0.396 e. The summed E-state index contributed by atoms with van der Waals surface area (Å²) in [6.45, 7) is 5.00. The fourth-order valence-corrected chi connectivity index (χ4v) is 3.66. The first-order valence-corrected chi connectivity index (χ1v) is 8.15. The van der Waals surface area contributed by atoms with Crippen LogP contribution in [0.3, 0.4) is 0 Å². The van der Waals surface area contributed by atoms with Crippen LogP contribution in [-0.4, -0.2) is 48.8 Å². The topological polar surface area (TPSA) is 49.8 Å². The number of benzene rings is 1. The van der Waals surface area contributed by atoms with Crippen LogP contribution in [0.15, 0.2) is 24.3 Å². The molecule has 2 heterocycles. The lowest BCUT2D eigenvalue weighted by molar-refractivity contribution is -0.130. The number of aliphatic hydroxyl groups excluding tert-OH is 1. The molecule has 0 bridgehead atoms. The minimum Gasteiger partial charge on any atom is -0.396 e. The third-order valence-electron chi connectivity index (χ3n) is 5.29. The van der Waals surface area contributed by atoms with Crippen LogP contribution in [0.5, 0.6) is 0 Å². The molecule has 2 atom stereocenters. The van der Waals surface area contributed by atoms with Crippen molar-refractivity contribution in [1.82, 2.24) is 4.90 Å². The highest BCUT2D eigenvalue weighted by Crippen LogP contribution is 2.41. The molecule has 1 N–H and O–H groups in total. The molecule has 1 amide bonds. The van der Waals surface area contributed by atoms with Crippen LogP contribution in [-0.2, 0) is 16.0 Å². The molecule has 0 saturated carbocycles. The molecular formula is C18H25NO3. The summed E-state index contributed by atoms with van der Waals surface area (Å²) in [6.07, 6.45) is 2.18. The molecule has 22 heavy (non-hydrogen) atoms. The van der Waals surface area contributed by atoms with E-state index in [1.54, 1.807) is 0 Å². The van der Waals surface area contributed by atoms with Gasteiger partial charge in [-0.25, -0.2) is 0 Å². The van der Waals surface area contributed by atoms with Gasteiger partial charge in [0.25, 0.3) is 0 Å². The highest BCUT2D eigenvalue weighted by Gasteiger charge is 2.48. The molecule has 0 aromatic heterocycles. The van der Waals surface area contributed by atoms with Gasteiger partial charge in [0.05, 0.1) is 13.2 Å². The van der Waals surface area contributed by atoms with E-state index in [-0.39, 0.29) is 23.8 Å². The molecule has 1 aromatic rings. The molecule has 0 aliphatic carbocycles. The summed E-state index contributed by atoms with van der Waals surface area (Å²) in [6, 6.07) is 8.36. The minimum atomic E-state index is -0.127. The third kappa shape index (κ3) is 3.03. The van der Waals surface area contributed by atoms with E-state index in [9.17, 15) is 9.90 Å². The number of aryl methyl sites for hydroxylation is 2. The van der Waals surface area contributed by atoms with E-state index in [1.165, 1.54) is 11.1 Å². The van der Waals surface area contributed by atoms with Crippen LogP contribution in [0.1, 0.15) is 24.0 Å². The van der Waals surface area contributed by atoms with Crippen molar-refractivity contribution in [2.45, 2.75) is 26.2 Å². The van der Waals surface area contributed by atoms with E-state index in [0.717, 1.165) is 19.4 Å². The van der Waals surface area contributed by atoms with Gasteiger partial charge < -0.3 is 14.7 Å². The Morgan fingerprint density at radius 2 is 2.18 bits per heavy atom. The van der Waals surface area contributed by atoms with Crippen molar-refractivity contribution in [2.24, 2.45) is 11.3 Å². The summed E-state index contributed by atoms with van der Waals surface area (Å²) >= 11 is 0. The molecule has 2 aliphatic rings. The summed E-state index contributed by atoms with van der Waals surface area (Å²) < 4.78 is 5.53. The van der Waals surface area contributed by atoms with Crippen molar-refractivity contribution < 1.29 is 14.6 Å². The number of aliphatic hydroxyl groups is 1. The molecule has 2 saturated heterocycles. The number of hydrogen-bond donors (Lipinski definition) is 1. The number of rotatable bonds is 4. The average Bonchev–Trinajstić information content (AvgIpc) is 2.94. The van der Waals surface area contributed by atoms with Crippen LogP contribution in [0.25, 0.3) is 0 Å². The first-order chi connectivity index (χ1) is 10.6. The van der Waals surface area contributed by atoms with Gasteiger partial charge in [0.1, 0.15) is 0 Å². The Kier molecular flexibility index (Phi) is 4.50. The second-order valence-corrected chi connectivity index (χ2v) is 6.80. The summed E-state index contributed by atoms with van der Waals surface area (Å²) in [5, 5.41) is 9.79. The maximum atomic E-state index is 12.5. The Labute approximate surface area is 132 Å². The maximum absolute atomic E-state index is 12.5. The SMILES string of the molecule is Cc1ccc(CCC(=O)N2C[C@@H]3COCC[C@]3(CO)C2)cc1. The molecule has 2 aliphatic heterocycles. The van der Waals surface area contributed by atoms with Gasteiger partial charge in [-0.15, -0.1) is 0 Å². The quantitative estimate of drug-likeness (QED) is 0.922. The molecule has 1 aromatic carbocycles. The van der Waals surface area contributed by atoms with E-state index in [1.807, 2.05) is 4.90 Å². The number of likely N-dealkylation sites (tertiary alicyclic amines) is 1. The number of carbonyl (C=O) groups excluding carboxylic acids is 1. The van der Waals surface area contributed by atoms with Crippen molar-refractivity contribution in [3.8, 4) is 0 Å². The molecule has 120 valence electrons. The predicted molar refractivity (Wildman–Crippen MR) is 84.5 cm³/mol. The summed E-state index contributed by atoms with van der Waals surface area (Å²) in [5.74, 6) is 0.484. The normalized spacial score (nSPS) is 27.7. The Hall–Kier alpha value is -1.39. The van der Waals surface area contributed by atoms with Crippen molar-refractivity contribution in [2.75, 3.05) is 32.9 Å². The van der Waals surface area contributed by atoms with Gasteiger partial charge >= 0.3 is 0 Å². The van der Waals surface area contributed by atoms with Crippen molar-refractivity contribution in [3.63, 3.8) is 0 Å². The number of ether oxygens (including phenoxy) is 1. The molecule has 0 unspecified atom stereocenters. The standard InChI is InChI=1S/C18H25NO3/c1-14-2-4-15(5-3-14)6-7-17(21)19-10-16-11-22-9-8-18(16,12-19)13-20/h2-5,16,20H,6-13H2,1H3/t16-,18-/m1/s1. The van der Waals surface area contributed by atoms with Crippen LogP contribution >= 0.6 is 0 Å². The van der Waals surface area contributed by atoms with Gasteiger partial charge in [-0.05, 0) is 25.3 Å². The number of fused-ring (bicyclic) bond motifs is 1. The number of nitrogens with zero attached hydrogens (tertiary/aromatic N) is 1. The van der Waals surface area contributed by atoms with E-state index < -0.39 is 0 Å². The molecule has 4 heteroatoms. The number of carbonyl (C=O) groups is 1. The fourth-order valence-electron chi connectivity index (χ4n) is 3.66. The zero-order valence-electron chi connectivity index (χ0n) is 13.3. The van der Waals surface area contributed by atoms with Crippen LogP contribution < -0.4 is 0 Å². The van der Waals surface area contributed by atoms with E-state index in [0.29, 0.717) is 26.2 Å². The lowest BCUT2D eigenvalue weighted by Crippen LogP contribution is -2.41. The smallest absolute Gasteiger partial charge is 0.222 e. The summed E-state index contributed by atoms with van der Waals surface area (Å²) in [7, 11) is 0. The van der Waals surface area contributed by atoms with Gasteiger partial charge in [-0.2, -0.15) is 0 Å². The Morgan fingerprint density at radius 3 is 2.86 bits per heavy atom. The van der Waals surface area contributed by atoms with E-state index in [4.69, 9.17) is 4.74 Å². The molecule has 3 rings (SSSR count). The zero-order chi connectivity index (χ0) is 15.6. The molecule has 2 fully saturated rings. The highest BCUT2D eigenvalue weighted by atomic mass is 16.5. The van der Waals surface area contributed by atoms with Gasteiger partial charge in [0.15, 0.2) is 0 Å².